The predicted molar refractivity (Wildman–Crippen MR) is 116 cm³/mol. The molecule has 1 fully saturated rings. The molecule has 5 rings (SSSR count). The third-order valence-corrected chi connectivity index (χ3v) is 6.53. The van der Waals surface area contributed by atoms with Crippen LogP contribution in [0.5, 0.6) is 11.5 Å². The van der Waals surface area contributed by atoms with E-state index in [4.69, 9.17) is 14.2 Å². The number of nitrogens with one attached hydrogen (secondary N) is 1. The molecule has 172 valence electrons. The highest BCUT2D eigenvalue weighted by molar-refractivity contribution is 5.79. The first-order valence-corrected chi connectivity index (χ1v) is 11.5. The molecule has 1 N–H and O–H groups in total. The van der Waals surface area contributed by atoms with Crippen molar-refractivity contribution in [3.05, 3.63) is 35.4 Å². The van der Waals surface area contributed by atoms with E-state index in [2.05, 4.69) is 51.0 Å². The lowest BCUT2D eigenvalue weighted by molar-refractivity contribution is -0.126. The van der Waals surface area contributed by atoms with Crippen LogP contribution < -0.4 is 14.8 Å². The Morgan fingerprint density at radius 3 is 2.88 bits per heavy atom. The molecular weight excluding hydrogens is 410 g/mol. The van der Waals surface area contributed by atoms with Crippen molar-refractivity contribution in [3.8, 4) is 11.5 Å². The lowest BCUT2D eigenvalue weighted by Crippen LogP contribution is -2.38. The molecule has 0 spiro atoms. The smallest absolute Gasteiger partial charge is 0.231 e. The van der Waals surface area contributed by atoms with Crippen molar-refractivity contribution in [2.75, 3.05) is 33.1 Å². The van der Waals surface area contributed by atoms with Gasteiger partial charge in [-0.2, -0.15) is 0 Å². The number of nitrogens with zero attached hydrogens (tertiary/aromatic N) is 4. The largest absolute Gasteiger partial charge is 0.454 e. The monoisotopic (exact) mass is 441 g/mol. The molecule has 0 bridgehead atoms. The van der Waals surface area contributed by atoms with Crippen molar-refractivity contribution in [3.63, 3.8) is 0 Å². The highest BCUT2D eigenvalue weighted by Gasteiger charge is 2.31. The van der Waals surface area contributed by atoms with Gasteiger partial charge < -0.3 is 24.1 Å². The van der Waals surface area contributed by atoms with Crippen LogP contribution in [0.4, 0.5) is 0 Å². The molecule has 32 heavy (non-hydrogen) atoms. The minimum atomic E-state index is -0.162. The zero-order valence-electron chi connectivity index (χ0n) is 18.7. The number of hydrogen-bond acceptors (Lipinski definition) is 7. The van der Waals surface area contributed by atoms with E-state index in [0.717, 1.165) is 62.2 Å². The van der Waals surface area contributed by atoms with Gasteiger partial charge in [0.1, 0.15) is 5.82 Å². The van der Waals surface area contributed by atoms with Gasteiger partial charge in [-0.05, 0) is 30.0 Å². The van der Waals surface area contributed by atoms with Crippen LogP contribution in [0.1, 0.15) is 43.5 Å². The summed E-state index contributed by atoms with van der Waals surface area (Å²) in [6.45, 7) is 9.12. The van der Waals surface area contributed by atoms with E-state index < -0.39 is 0 Å². The predicted octanol–water partition coefficient (Wildman–Crippen LogP) is 1.91. The van der Waals surface area contributed by atoms with E-state index in [0.29, 0.717) is 20.0 Å². The summed E-state index contributed by atoms with van der Waals surface area (Å²) in [5, 5.41) is 12.2. The Labute approximate surface area is 188 Å². The number of benzene rings is 1. The van der Waals surface area contributed by atoms with Crippen LogP contribution in [0, 0.1) is 11.8 Å². The van der Waals surface area contributed by atoms with Crippen molar-refractivity contribution >= 4 is 5.91 Å². The Morgan fingerprint density at radius 2 is 2.06 bits per heavy atom. The molecule has 2 aromatic rings. The van der Waals surface area contributed by atoms with Gasteiger partial charge in [-0.1, -0.05) is 19.9 Å². The molecule has 2 unspecified atom stereocenters. The number of fused-ring (bicyclic) bond motifs is 2. The Morgan fingerprint density at radius 1 is 1.19 bits per heavy atom. The quantitative estimate of drug-likeness (QED) is 0.732. The molecule has 0 aliphatic carbocycles. The number of amides is 1. The third kappa shape index (κ3) is 4.31. The minimum Gasteiger partial charge on any atom is -0.454 e. The molecule has 1 aromatic carbocycles. The summed E-state index contributed by atoms with van der Waals surface area (Å²) >= 11 is 0. The number of hydrogen-bond donors (Lipinski definition) is 1. The number of carbonyl (C=O) groups excluding carboxylic acids is 1. The van der Waals surface area contributed by atoms with Crippen LogP contribution in [0.25, 0.3) is 0 Å². The molecule has 9 heteroatoms. The maximum atomic E-state index is 12.8. The van der Waals surface area contributed by atoms with Crippen LogP contribution in [-0.2, 0) is 29.0 Å². The van der Waals surface area contributed by atoms with Crippen LogP contribution in [0.15, 0.2) is 18.2 Å². The summed E-state index contributed by atoms with van der Waals surface area (Å²) in [6, 6.07) is 5.98. The highest BCUT2D eigenvalue weighted by atomic mass is 16.7. The fraction of sp³-hybridized carbons (Fsp3) is 0.609. The summed E-state index contributed by atoms with van der Waals surface area (Å²) < 4.78 is 18.5. The first-order valence-electron chi connectivity index (χ1n) is 11.5. The SMILES string of the molecule is CC(C)C(NC(=O)C1CCOC1)c1nnc2n1CCN(Cc1ccc3c(c1)OCO3)CC2. The average Bonchev–Trinajstić information content (AvgIpc) is 3.52. The summed E-state index contributed by atoms with van der Waals surface area (Å²) in [4.78, 5) is 15.2. The molecule has 0 radical (unpaired) electrons. The molecule has 2 atom stereocenters. The zero-order valence-corrected chi connectivity index (χ0v) is 18.7. The summed E-state index contributed by atoms with van der Waals surface area (Å²) in [5.74, 6) is 3.66. The number of rotatable bonds is 6. The molecule has 0 saturated carbocycles. The normalized spacial score (nSPS) is 21.4. The first kappa shape index (κ1) is 21.2. The van der Waals surface area contributed by atoms with Gasteiger partial charge in [-0.3, -0.25) is 9.69 Å². The van der Waals surface area contributed by atoms with E-state index in [-0.39, 0.29) is 23.8 Å². The van der Waals surface area contributed by atoms with E-state index in [1.807, 2.05) is 6.07 Å². The molecule has 1 amide bonds. The second-order valence-corrected chi connectivity index (χ2v) is 9.13. The van der Waals surface area contributed by atoms with Crippen molar-refractivity contribution in [1.29, 1.82) is 0 Å². The van der Waals surface area contributed by atoms with Gasteiger partial charge in [0.2, 0.25) is 12.7 Å². The van der Waals surface area contributed by atoms with Crippen LogP contribution in [-0.4, -0.2) is 58.7 Å². The summed E-state index contributed by atoms with van der Waals surface area (Å²) in [5.41, 5.74) is 1.21. The molecule has 3 aliphatic rings. The van der Waals surface area contributed by atoms with Crippen LogP contribution in [0.3, 0.4) is 0 Å². The van der Waals surface area contributed by atoms with Gasteiger partial charge >= 0.3 is 0 Å². The van der Waals surface area contributed by atoms with E-state index in [9.17, 15) is 4.79 Å². The fourth-order valence-electron chi connectivity index (χ4n) is 4.62. The lowest BCUT2D eigenvalue weighted by atomic mass is 10.0. The number of carbonyl (C=O) groups is 1. The Bertz CT molecular complexity index is 969. The average molecular weight is 442 g/mol. The first-order chi connectivity index (χ1) is 15.6. The van der Waals surface area contributed by atoms with Gasteiger partial charge in [0.05, 0.1) is 18.6 Å². The van der Waals surface area contributed by atoms with Crippen LogP contribution in [0.2, 0.25) is 0 Å². The number of aromatic nitrogens is 3. The molecule has 1 aromatic heterocycles. The standard InChI is InChI=1S/C23H31N5O4/c1-15(2)21(24-23(29)17-6-10-30-13-17)22-26-25-20-5-7-27(8-9-28(20)22)12-16-3-4-18-19(11-16)32-14-31-18/h3-4,11,15,17,21H,5-10,12-14H2,1-2H3,(H,24,29). The summed E-state index contributed by atoms with van der Waals surface area (Å²) in [7, 11) is 0. The maximum absolute atomic E-state index is 12.8. The van der Waals surface area contributed by atoms with Crippen molar-refractivity contribution in [1.82, 2.24) is 25.0 Å². The van der Waals surface area contributed by atoms with Gasteiger partial charge in [0.25, 0.3) is 0 Å². The third-order valence-electron chi connectivity index (χ3n) is 6.53. The zero-order chi connectivity index (χ0) is 22.1. The molecule has 9 nitrogen and oxygen atoms in total. The second kappa shape index (κ2) is 9.07. The Balaban J connectivity index is 1.27. The van der Waals surface area contributed by atoms with E-state index >= 15 is 0 Å². The molecular formula is C23H31N5O4. The Hall–Kier alpha value is -2.65. The second-order valence-electron chi connectivity index (χ2n) is 9.13. The van der Waals surface area contributed by atoms with Crippen LogP contribution >= 0.6 is 0 Å². The molecule has 3 aliphatic heterocycles. The molecule has 1 saturated heterocycles. The highest BCUT2D eigenvalue weighted by Crippen LogP contribution is 2.33. The van der Waals surface area contributed by atoms with Gasteiger partial charge in [0.15, 0.2) is 17.3 Å². The van der Waals surface area contributed by atoms with Gasteiger partial charge in [-0.15, -0.1) is 10.2 Å². The topological polar surface area (TPSA) is 90.7 Å². The summed E-state index contributed by atoms with van der Waals surface area (Å²) in [6.07, 6.45) is 1.61. The minimum absolute atomic E-state index is 0.0524. The van der Waals surface area contributed by atoms with Crippen molar-refractivity contribution < 1.29 is 19.0 Å². The Kier molecular flexibility index (Phi) is 6.01. The number of ether oxygens (including phenoxy) is 3. The van der Waals surface area contributed by atoms with Gasteiger partial charge in [0, 0.05) is 39.2 Å². The van der Waals surface area contributed by atoms with E-state index in [1.54, 1.807) is 0 Å². The van der Waals surface area contributed by atoms with E-state index in [1.165, 1.54) is 5.56 Å². The molecule has 4 heterocycles. The fourth-order valence-corrected chi connectivity index (χ4v) is 4.62. The van der Waals surface area contributed by atoms with Gasteiger partial charge in [-0.25, -0.2) is 0 Å². The maximum Gasteiger partial charge on any atom is 0.231 e. The lowest BCUT2D eigenvalue weighted by Gasteiger charge is -2.24. The van der Waals surface area contributed by atoms with Crippen molar-refractivity contribution in [2.45, 2.75) is 45.8 Å². The van der Waals surface area contributed by atoms with Crippen molar-refractivity contribution in [2.24, 2.45) is 11.8 Å².